The topological polar surface area (TPSA) is 36.4 Å². The average Bonchev–Trinajstić information content (AvgIpc) is 2.84. The maximum Gasteiger partial charge on any atom is 0.186 e. The molecule has 5 heteroatoms. The molecule has 0 bridgehead atoms. The number of carbonyl (C=O) groups is 1. The van der Waals surface area contributed by atoms with Crippen molar-refractivity contribution >= 4 is 22.3 Å². The van der Waals surface area contributed by atoms with Crippen LogP contribution in [0.1, 0.15) is 42.1 Å². The number of anilines is 1. The van der Waals surface area contributed by atoms with E-state index < -0.39 is 0 Å². The molecule has 1 saturated heterocycles. The number of Topliss-reactive ketones (excluding diaryl/α,β-unsaturated/α-hetero) is 1. The summed E-state index contributed by atoms with van der Waals surface area (Å²) in [7, 11) is 0. The van der Waals surface area contributed by atoms with Crippen molar-refractivity contribution in [2.45, 2.75) is 33.1 Å². The lowest BCUT2D eigenvalue weighted by atomic mass is 10.0. The second-order valence-corrected chi connectivity index (χ2v) is 7.29. The summed E-state index contributed by atoms with van der Waals surface area (Å²) in [5.41, 5.74) is 0.765. The number of carbonyl (C=O) groups excluding carboxylic acids is 1. The molecule has 1 fully saturated rings. The number of hydrogen-bond donors (Lipinski definition) is 0. The van der Waals surface area contributed by atoms with Crippen molar-refractivity contribution in [2.24, 2.45) is 5.92 Å². The van der Waals surface area contributed by atoms with E-state index in [-0.39, 0.29) is 5.78 Å². The number of fused-ring (bicyclic) bond motifs is 1. The first-order chi connectivity index (χ1) is 9.63. The standard InChI is InChI=1S/C15H23N3OS/c1-11(2)10-17-6-8-18(9-7-17)15-16-14-12(19)4-3-5-13(14)20-15/h11H,3-10H2,1-2H3. The Balaban J connectivity index is 1.65. The predicted molar refractivity (Wildman–Crippen MR) is 82.9 cm³/mol. The van der Waals surface area contributed by atoms with Gasteiger partial charge in [0.25, 0.3) is 0 Å². The zero-order valence-electron chi connectivity index (χ0n) is 12.4. The Morgan fingerprint density at radius 3 is 2.60 bits per heavy atom. The van der Waals surface area contributed by atoms with E-state index in [2.05, 4.69) is 28.6 Å². The minimum absolute atomic E-state index is 0.243. The second kappa shape index (κ2) is 5.82. The quantitative estimate of drug-likeness (QED) is 0.857. The van der Waals surface area contributed by atoms with Crippen LogP contribution in [0.3, 0.4) is 0 Å². The van der Waals surface area contributed by atoms with Gasteiger partial charge in [0, 0.05) is 44.0 Å². The Kier molecular flexibility index (Phi) is 4.08. The summed E-state index contributed by atoms with van der Waals surface area (Å²) in [6.07, 6.45) is 2.71. The zero-order valence-corrected chi connectivity index (χ0v) is 13.2. The van der Waals surface area contributed by atoms with Crippen molar-refractivity contribution in [3.05, 3.63) is 10.6 Å². The number of thiazole rings is 1. The van der Waals surface area contributed by atoms with Crippen molar-refractivity contribution in [3.63, 3.8) is 0 Å². The minimum atomic E-state index is 0.243. The first-order valence-corrected chi connectivity index (χ1v) is 8.45. The highest BCUT2D eigenvalue weighted by Crippen LogP contribution is 2.32. The molecule has 1 aliphatic heterocycles. The number of rotatable bonds is 3. The summed E-state index contributed by atoms with van der Waals surface area (Å²) in [5, 5.41) is 1.06. The summed E-state index contributed by atoms with van der Waals surface area (Å²) in [6.45, 7) is 10.0. The van der Waals surface area contributed by atoms with Gasteiger partial charge in [-0.1, -0.05) is 13.8 Å². The molecule has 0 radical (unpaired) electrons. The molecule has 0 spiro atoms. The van der Waals surface area contributed by atoms with Gasteiger partial charge in [-0.15, -0.1) is 11.3 Å². The van der Waals surface area contributed by atoms with E-state index in [9.17, 15) is 4.79 Å². The molecule has 1 aliphatic carbocycles. The molecular weight excluding hydrogens is 270 g/mol. The number of piperazine rings is 1. The highest BCUT2D eigenvalue weighted by atomic mass is 32.1. The fourth-order valence-electron chi connectivity index (χ4n) is 3.03. The third-order valence-electron chi connectivity index (χ3n) is 4.02. The first-order valence-electron chi connectivity index (χ1n) is 7.63. The Labute approximate surface area is 124 Å². The van der Waals surface area contributed by atoms with Gasteiger partial charge < -0.3 is 4.90 Å². The summed E-state index contributed by atoms with van der Waals surface area (Å²) in [6, 6.07) is 0. The van der Waals surface area contributed by atoms with Gasteiger partial charge in [0.1, 0.15) is 5.69 Å². The van der Waals surface area contributed by atoms with E-state index in [0.717, 1.165) is 55.8 Å². The van der Waals surface area contributed by atoms with Crippen LogP contribution in [0.4, 0.5) is 5.13 Å². The van der Waals surface area contributed by atoms with Gasteiger partial charge in [-0.05, 0) is 18.8 Å². The Hall–Kier alpha value is -0.940. The molecule has 0 amide bonds. The van der Waals surface area contributed by atoms with Gasteiger partial charge >= 0.3 is 0 Å². The number of aryl methyl sites for hydroxylation is 1. The summed E-state index contributed by atoms with van der Waals surface area (Å²) in [4.78, 5) is 22.6. The lowest BCUT2D eigenvalue weighted by Crippen LogP contribution is -2.47. The number of aromatic nitrogens is 1. The van der Waals surface area contributed by atoms with Crippen LogP contribution < -0.4 is 4.90 Å². The lowest BCUT2D eigenvalue weighted by Gasteiger charge is -2.35. The van der Waals surface area contributed by atoms with Gasteiger partial charge in [0.2, 0.25) is 0 Å². The molecule has 0 saturated carbocycles. The molecule has 20 heavy (non-hydrogen) atoms. The zero-order chi connectivity index (χ0) is 14.1. The van der Waals surface area contributed by atoms with Gasteiger partial charge in [-0.2, -0.15) is 0 Å². The number of nitrogens with zero attached hydrogens (tertiary/aromatic N) is 3. The highest BCUT2D eigenvalue weighted by molar-refractivity contribution is 7.16. The Morgan fingerprint density at radius 1 is 1.20 bits per heavy atom. The summed E-state index contributed by atoms with van der Waals surface area (Å²) >= 11 is 1.74. The molecule has 3 rings (SSSR count). The SMILES string of the molecule is CC(C)CN1CCN(c2nc3c(s2)CCCC3=O)CC1. The van der Waals surface area contributed by atoms with Crippen molar-refractivity contribution in [1.29, 1.82) is 0 Å². The summed E-state index contributed by atoms with van der Waals surface area (Å²) < 4.78 is 0. The molecule has 110 valence electrons. The van der Waals surface area contributed by atoms with Crippen LogP contribution in [0.2, 0.25) is 0 Å². The molecule has 1 aromatic rings. The molecule has 0 aromatic carbocycles. The fourth-order valence-corrected chi connectivity index (χ4v) is 4.20. The van der Waals surface area contributed by atoms with E-state index in [1.54, 1.807) is 11.3 Å². The van der Waals surface area contributed by atoms with Crippen molar-refractivity contribution in [1.82, 2.24) is 9.88 Å². The monoisotopic (exact) mass is 293 g/mol. The first kappa shape index (κ1) is 14.0. The van der Waals surface area contributed by atoms with Crippen LogP contribution in [0.5, 0.6) is 0 Å². The molecule has 0 unspecified atom stereocenters. The van der Waals surface area contributed by atoms with Crippen molar-refractivity contribution < 1.29 is 4.79 Å². The third-order valence-corrected chi connectivity index (χ3v) is 5.20. The Morgan fingerprint density at radius 2 is 1.95 bits per heavy atom. The van der Waals surface area contributed by atoms with E-state index in [1.165, 1.54) is 11.4 Å². The number of ketones is 1. The third kappa shape index (κ3) is 2.88. The van der Waals surface area contributed by atoms with E-state index in [1.807, 2.05) is 0 Å². The van der Waals surface area contributed by atoms with E-state index in [0.29, 0.717) is 6.42 Å². The molecule has 2 aliphatic rings. The summed E-state index contributed by atoms with van der Waals surface area (Å²) in [5.74, 6) is 0.971. The van der Waals surface area contributed by atoms with Crippen LogP contribution in [0.25, 0.3) is 0 Å². The van der Waals surface area contributed by atoms with E-state index >= 15 is 0 Å². The van der Waals surface area contributed by atoms with Gasteiger partial charge in [0.05, 0.1) is 0 Å². The molecule has 0 atom stereocenters. The maximum atomic E-state index is 11.9. The molecule has 2 heterocycles. The van der Waals surface area contributed by atoms with Crippen LogP contribution in [-0.2, 0) is 6.42 Å². The average molecular weight is 293 g/mol. The van der Waals surface area contributed by atoms with Gasteiger partial charge in [-0.25, -0.2) is 4.98 Å². The van der Waals surface area contributed by atoms with Gasteiger partial charge in [0.15, 0.2) is 10.9 Å². The van der Waals surface area contributed by atoms with Crippen LogP contribution >= 0.6 is 11.3 Å². The lowest BCUT2D eigenvalue weighted by molar-refractivity contribution is 0.0968. The number of hydrogen-bond acceptors (Lipinski definition) is 5. The molecule has 0 N–H and O–H groups in total. The highest BCUT2D eigenvalue weighted by Gasteiger charge is 2.26. The molecule has 4 nitrogen and oxygen atoms in total. The van der Waals surface area contributed by atoms with Crippen LogP contribution in [-0.4, -0.2) is 48.4 Å². The normalized spacial score (nSPS) is 20.6. The van der Waals surface area contributed by atoms with Crippen LogP contribution in [0, 0.1) is 5.92 Å². The Bertz CT molecular complexity index is 489. The molecular formula is C15H23N3OS. The largest absolute Gasteiger partial charge is 0.346 e. The van der Waals surface area contributed by atoms with Crippen molar-refractivity contribution in [3.8, 4) is 0 Å². The smallest absolute Gasteiger partial charge is 0.186 e. The predicted octanol–water partition coefficient (Wildman–Crippen LogP) is 2.44. The maximum absolute atomic E-state index is 11.9. The van der Waals surface area contributed by atoms with Gasteiger partial charge in [-0.3, -0.25) is 9.69 Å². The second-order valence-electron chi connectivity index (χ2n) is 6.23. The minimum Gasteiger partial charge on any atom is -0.346 e. The van der Waals surface area contributed by atoms with Crippen LogP contribution in [0.15, 0.2) is 0 Å². The van der Waals surface area contributed by atoms with Crippen molar-refractivity contribution in [2.75, 3.05) is 37.6 Å². The van der Waals surface area contributed by atoms with E-state index in [4.69, 9.17) is 0 Å². The molecule has 1 aromatic heterocycles. The fraction of sp³-hybridized carbons (Fsp3) is 0.733.